The van der Waals surface area contributed by atoms with E-state index >= 15 is 0 Å². The molecule has 10 heteroatoms. The third kappa shape index (κ3) is 5.81. The highest BCUT2D eigenvalue weighted by atomic mass is 16.5. The molecule has 3 rings (SSSR count). The van der Waals surface area contributed by atoms with Gasteiger partial charge in [0.2, 0.25) is 0 Å². The molecule has 0 aromatic heterocycles. The molecule has 1 aliphatic heterocycles. The molecule has 3 amide bonds. The number of carbonyl (C=O) groups excluding carboxylic acids is 2. The quantitative estimate of drug-likeness (QED) is 0.538. The Morgan fingerprint density at radius 2 is 1.72 bits per heavy atom. The van der Waals surface area contributed by atoms with Crippen molar-refractivity contribution in [1.29, 1.82) is 0 Å². The van der Waals surface area contributed by atoms with E-state index in [4.69, 9.17) is 24.0 Å². The Bertz CT molecular complexity index is 1120. The van der Waals surface area contributed by atoms with Crippen LogP contribution in [-0.2, 0) is 4.79 Å². The maximum Gasteiger partial charge on any atom is 0.317 e. The van der Waals surface area contributed by atoms with Gasteiger partial charge in [-0.05, 0) is 36.2 Å². The fourth-order valence-electron chi connectivity index (χ4n) is 3.97. The van der Waals surface area contributed by atoms with E-state index in [0.717, 1.165) is 17.5 Å². The molecule has 1 N–H and O–H groups in total. The number of likely N-dealkylation sites (N-methyl/N-ethyl adjacent to an activating group) is 1. The molecular formula is C26H34N4O6. The second-order valence-electron chi connectivity index (χ2n) is 8.27. The van der Waals surface area contributed by atoms with Gasteiger partial charge in [0.05, 0.1) is 40.2 Å². The van der Waals surface area contributed by atoms with Gasteiger partial charge in [-0.1, -0.05) is 13.0 Å². The lowest BCUT2D eigenvalue weighted by molar-refractivity contribution is -0.133. The highest BCUT2D eigenvalue weighted by Crippen LogP contribution is 2.39. The van der Waals surface area contributed by atoms with Crippen molar-refractivity contribution in [3.63, 3.8) is 0 Å². The summed E-state index contributed by atoms with van der Waals surface area (Å²) in [4.78, 5) is 27.1. The average molecular weight is 499 g/mol. The van der Waals surface area contributed by atoms with Crippen LogP contribution >= 0.6 is 0 Å². The highest BCUT2D eigenvalue weighted by molar-refractivity contribution is 6.05. The van der Waals surface area contributed by atoms with Crippen molar-refractivity contribution in [3.8, 4) is 23.0 Å². The molecule has 0 bridgehead atoms. The molecule has 10 nitrogen and oxygen atoms in total. The fraction of sp³-hybridized carbons (Fsp3) is 0.423. The Morgan fingerprint density at radius 1 is 1.00 bits per heavy atom. The van der Waals surface area contributed by atoms with Gasteiger partial charge < -0.3 is 29.2 Å². The van der Waals surface area contributed by atoms with Crippen molar-refractivity contribution < 1.29 is 28.5 Å². The van der Waals surface area contributed by atoms with Crippen molar-refractivity contribution in [3.05, 3.63) is 47.5 Å². The van der Waals surface area contributed by atoms with E-state index in [1.807, 2.05) is 31.2 Å². The first kappa shape index (κ1) is 26.7. The molecule has 1 heterocycles. The van der Waals surface area contributed by atoms with Gasteiger partial charge in [0, 0.05) is 31.6 Å². The maximum absolute atomic E-state index is 13.4. The summed E-state index contributed by atoms with van der Waals surface area (Å²) in [5, 5.41) is 8.92. The molecule has 0 radical (unpaired) electrons. The number of hydrogen-bond donors (Lipinski definition) is 1. The van der Waals surface area contributed by atoms with Crippen LogP contribution in [0.2, 0.25) is 0 Å². The SMILES string of the molecule is CCCNC(=O)N(C)CC(=O)N1N=C(c2ccc(OC)cc2OC)C[C@H]1c1ccc(OC)c(OC)c1. The van der Waals surface area contributed by atoms with Crippen LogP contribution in [0.4, 0.5) is 4.79 Å². The topological polar surface area (TPSA) is 102 Å². The van der Waals surface area contributed by atoms with Crippen LogP contribution in [0.5, 0.6) is 23.0 Å². The van der Waals surface area contributed by atoms with E-state index in [1.165, 1.54) is 9.91 Å². The highest BCUT2D eigenvalue weighted by Gasteiger charge is 2.35. The maximum atomic E-state index is 13.4. The monoisotopic (exact) mass is 498 g/mol. The molecule has 0 spiro atoms. The van der Waals surface area contributed by atoms with E-state index in [0.29, 0.717) is 41.7 Å². The van der Waals surface area contributed by atoms with Crippen LogP contribution in [0, 0.1) is 0 Å². The third-order valence-electron chi connectivity index (χ3n) is 5.92. The molecule has 0 saturated heterocycles. The van der Waals surface area contributed by atoms with Crippen molar-refractivity contribution in [2.24, 2.45) is 5.10 Å². The summed E-state index contributed by atoms with van der Waals surface area (Å²) >= 11 is 0. The van der Waals surface area contributed by atoms with Crippen molar-refractivity contribution in [1.82, 2.24) is 15.2 Å². The van der Waals surface area contributed by atoms with Crippen molar-refractivity contribution in [2.45, 2.75) is 25.8 Å². The number of urea groups is 1. The molecule has 194 valence electrons. The van der Waals surface area contributed by atoms with Gasteiger partial charge in [-0.2, -0.15) is 5.10 Å². The molecule has 2 aromatic carbocycles. The second kappa shape index (κ2) is 12.1. The average Bonchev–Trinajstić information content (AvgIpc) is 3.36. The first-order chi connectivity index (χ1) is 17.4. The summed E-state index contributed by atoms with van der Waals surface area (Å²) in [5.74, 6) is 2.06. The number of rotatable bonds is 10. The first-order valence-electron chi connectivity index (χ1n) is 11.7. The van der Waals surface area contributed by atoms with Gasteiger partial charge >= 0.3 is 6.03 Å². The van der Waals surface area contributed by atoms with Crippen molar-refractivity contribution >= 4 is 17.6 Å². The lowest BCUT2D eigenvalue weighted by atomic mass is 9.97. The Morgan fingerprint density at radius 3 is 2.36 bits per heavy atom. The molecule has 1 aliphatic rings. The minimum atomic E-state index is -0.411. The number of methoxy groups -OCH3 is 4. The smallest absolute Gasteiger partial charge is 0.317 e. The second-order valence-corrected chi connectivity index (χ2v) is 8.27. The van der Waals surface area contributed by atoms with E-state index in [1.54, 1.807) is 47.6 Å². The van der Waals surface area contributed by atoms with E-state index in [-0.39, 0.29) is 18.5 Å². The van der Waals surface area contributed by atoms with Crippen LogP contribution in [0.1, 0.15) is 36.9 Å². The molecule has 36 heavy (non-hydrogen) atoms. The van der Waals surface area contributed by atoms with Crippen molar-refractivity contribution in [2.75, 3.05) is 48.6 Å². The summed E-state index contributed by atoms with van der Waals surface area (Å²) in [6.07, 6.45) is 1.24. The van der Waals surface area contributed by atoms with Crippen LogP contribution in [-0.4, -0.2) is 76.1 Å². The minimum absolute atomic E-state index is 0.129. The summed E-state index contributed by atoms with van der Waals surface area (Å²) in [5.41, 5.74) is 2.26. The zero-order chi connectivity index (χ0) is 26.2. The molecule has 0 unspecified atom stereocenters. The summed E-state index contributed by atoms with van der Waals surface area (Å²) in [7, 11) is 7.88. The molecule has 2 aromatic rings. The van der Waals surface area contributed by atoms with Crippen LogP contribution in [0.15, 0.2) is 41.5 Å². The fourth-order valence-corrected chi connectivity index (χ4v) is 3.97. The van der Waals surface area contributed by atoms with E-state index < -0.39 is 6.04 Å². The van der Waals surface area contributed by atoms with Gasteiger partial charge in [0.1, 0.15) is 18.0 Å². The number of benzene rings is 2. The Kier molecular flexibility index (Phi) is 8.99. The van der Waals surface area contributed by atoms with Gasteiger partial charge in [-0.3, -0.25) is 4.79 Å². The summed E-state index contributed by atoms with van der Waals surface area (Å²) in [6.45, 7) is 2.37. The van der Waals surface area contributed by atoms with E-state index in [9.17, 15) is 9.59 Å². The number of nitrogens with one attached hydrogen (secondary N) is 1. The number of amides is 3. The number of carbonyl (C=O) groups is 2. The number of ether oxygens (including phenoxy) is 4. The summed E-state index contributed by atoms with van der Waals surface area (Å²) in [6, 6.07) is 10.3. The van der Waals surface area contributed by atoms with Gasteiger partial charge in [-0.15, -0.1) is 0 Å². The van der Waals surface area contributed by atoms with Gasteiger partial charge in [0.15, 0.2) is 11.5 Å². The zero-order valence-electron chi connectivity index (χ0n) is 21.7. The van der Waals surface area contributed by atoms with Gasteiger partial charge in [0.25, 0.3) is 5.91 Å². The number of hydrazone groups is 1. The van der Waals surface area contributed by atoms with Crippen LogP contribution in [0.3, 0.4) is 0 Å². The van der Waals surface area contributed by atoms with Gasteiger partial charge in [-0.25, -0.2) is 9.80 Å². The predicted octanol–water partition coefficient (Wildman–Crippen LogP) is 3.45. The van der Waals surface area contributed by atoms with Crippen LogP contribution in [0.25, 0.3) is 0 Å². The molecule has 1 atom stereocenters. The largest absolute Gasteiger partial charge is 0.497 e. The Balaban J connectivity index is 1.97. The molecule has 0 aliphatic carbocycles. The Labute approximate surface area is 211 Å². The molecule has 0 saturated carbocycles. The summed E-state index contributed by atoms with van der Waals surface area (Å²) < 4.78 is 21.7. The number of nitrogens with zero attached hydrogens (tertiary/aromatic N) is 3. The molecule has 0 fully saturated rings. The number of hydrogen-bond acceptors (Lipinski definition) is 7. The normalized spacial score (nSPS) is 14.7. The molecular weight excluding hydrogens is 464 g/mol. The van der Waals surface area contributed by atoms with Crippen LogP contribution < -0.4 is 24.3 Å². The lowest BCUT2D eigenvalue weighted by Gasteiger charge is -2.25. The Hall–Kier alpha value is -3.95. The minimum Gasteiger partial charge on any atom is -0.497 e. The predicted molar refractivity (Wildman–Crippen MR) is 136 cm³/mol. The zero-order valence-corrected chi connectivity index (χ0v) is 21.7. The standard InChI is InChI=1S/C26H34N4O6/c1-7-12-27-26(32)29(2)16-25(31)30-21(17-8-11-22(34-4)24(13-17)36-6)15-20(28-30)19-10-9-18(33-3)14-23(19)35-5/h8-11,13-14,21H,7,12,15-16H2,1-6H3,(H,27,32)/t21-/m0/s1. The lowest BCUT2D eigenvalue weighted by Crippen LogP contribution is -2.43. The van der Waals surface area contributed by atoms with E-state index in [2.05, 4.69) is 5.32 Å². The third-order valence-corrected chi connectivity index (χ3v) is 5.92. The first-order valence-corrected chi connectivity index (χ1v) is 11.7.